The van der Waals surface area contributed by atoms with Gasteiger partial charge in [-0.2, -0.15) is 0 Å². The van der Waals surface area contributed by atoms with E-state index in [1.165, 1.54) is 6.92 Å². The standard InChI is InChI=1S/C19H21N3O5/c1-12(23)21-16(9-13-10-20-15-6-3-2-5-14(13)15)19(26)27-11-18(25)22-8-4-7-17(22)24/h2-3,5-6,10,16,20H,4,7-9,11H2,1H3,(H,21,23). The van der Waals surface area contributed by atoms with Gasteiger partial charge in [-0.15, -0.1) is 0 Å². The number of nitrogens with one attached hydrogen (secondary N) is 2. The largest absolute Gasteiger partial charge is 0.454 e. The molecule has 1 aliphatic heterocycles. The first-order valence-electron chi connectivity index (χ1n) is 8.77. The Hall–Kier alpha value is -3.16. The number of para-hydroxylation sites is 1. The van der Waals surface area contributed by atoms with Crippen LogP contribution in [0.3, 0.4) is 0 Å². The fourth-order valence-electron chi connectivity index (χ4n) is 3.18. The molecule has 3 rings (SSSR count). The number of hydrogen-bond donors (Lipinski definition) is 2. The highest BCUT2D eigenvalue weighted by atomic mass is 16.5. The Bertz CT molecular complexity index is 888. The van der Waals surface area contributed by atoms with Gasteiger partial charge in [0.05, 0.1) is 0 Å². The minimum absolute atomic E-state index is 0.221. The molecule has 0 saturated carbocycles. The van der Waals surface area contributed by atoms with Gasteiger partial charge in [-0.05, 0) is 18.1 Å². The zero-order chi connectivity index (χ0) is 19.4. The minimum Gasteiger partial charge on any atom is -0.454 e. The van der Waals surface area contributed by atoms with E-state index in [0.717, 1.165) is 21.4 Å². The lowest BCUT2D eigenvalue weighted by molar-refractivity contribution is -0.156. The van der Waals surface area contributed by atoms with Crippen LogP contribution in [0.5, 0.6) is 0 Å². The van der Waals surface area contributed by atoms with Gasteiger partial charge in [0.2, 0.25) is 11.8 Å². The van der Waals surface area contributed by atoms with Crippen molar-refractivity contribution in [2.75, 3.05) is 13.2 Å². The molecule has 1 saturated heterocycles. The maximum Gasteiger partial charge on any atom is 0.329 e. The molecule has 1 unspecified atom stereocenters. The van der Waals surface area contributed by atoms with Gasteiger partial charge < -0.3 is 15.0 Å². The number of carbonyl (C=O) groups excluding carboxylic acids is 4. The van der Waals surface area contributed by atoms with Gasteiger partial charge in [-0.1, -0.05) is 18.2 Å². The summed E-state index contributed by atoms with van der Waals surface area (Å²) in [6, 6.07) is 6.68. The number of benzene rings is 1. The number of carbonyl (C=O) groups is 4. The quantitative estimate of drug-likeness (QED) is 0.734. The van der Waals surface area contributed by atoms with Gasteiger partial charge >= 0.3 is 5.97 Å². The van der Waals surface area contributed by atoms with Gasteiger partial charge in [0, 0.05) is 43.4 Å². The van der Waals surface area contributed by atoms with Gasteiger partial charge in [-0.25, -0.2) is 4.79 Å². The van der Waals surface area contributed by atoms with E-state index in [1.807, 2.05) is 24.3 Å². The van der Waals surface area contributed by atoms with Crippen LogP contribution in [0, 0.1) is 0 Å². The molecule has 0 spiro atoms. The van der Waals surface area contributed by atoms with Crippen LogP contribution in [0.2, 0.25) is 0 Å². The maximum absolute atomic E-state index is 12.4. The molecular weight excluding hydrogens is 350 g/mol. The molecule has 1 aliphatic rings. The SMILES string of the molecule is CC(=O)NC(Cc1c[nH]c2ccccc12)C(=O)OCC(=O)N1CCCC1=O. The lowest BCUT2D eigenvalue weighted by atomic mass is 10.0. The van der Waals surface area contributed by atoms with Gasteiger partial charge in [0.1, 0.15) is 6.04 Å². The monoisotopic (exact) mass is 371 g/mol. The second kappa shape index (κ2) is 8.03. The van der Waals surface area contributed by atoms with Crippen molar-refractivity contribution in [3.63, 3.8) is 0 Å². The average molecular weight is 371 g/mol. The van der Waals surface area contributed by atoms with Crippen LogP contribution < -0.4 is 5.32 Å². The van der Waals surface area contributed by atoms with Crippen molar-refractivity contribution >= 4 is 34.6 Å². The molecule has 0 aliphatic carbocycles. The Balaban J connectivity index is 1.66. The first kappa shape index (κ1) is 18.6. The van der Waals surface area contributed by atoms with E-state index in [9.17, 15) is 19.2 Å². The number of H-pyrrole nitrogens is 1. The number of ether oxygens (including phenoxy) is 1. The molecule has 27 heavy (non-hydrogen) atoms. The molecule has 0 radical (unpaired) electrons. The number of nitrogens with zero attached hydrogens (tertiary/aromatic N) is 1. The second-order valence-electron chi connectivity index (χ2n) is 6.47. The fourth-order valence-corrected chi connectivity index (χ4v) is 3.18. The molecule has 0 bridgehead atoms. The van der Waals surface area contributed by atoms with Crippen LogP contribution in [-0.2, 0) is 30.3 Å². The van der Waals surface area contributed by atoms with Gasteiger partial charge in [0.15, 0.2) is 6.61 Å². The lowest BCUT2D eigenvalue weighted by Gasteiger charge is -2.18. The normalized spacial score (nSPS) is 15.0. The molecule has 8 nitrogen and oxygen atoms in total. The van der Waals surface area contributed by atoms with Gasteiger partial charge in [0.25, 0.3) is 5.91 Å². The summed E-state index contributed by atoms with van der Waals surface area (Å²) >= 11 is 0. The lowest BCUT2D eigenvalue weighted by Crippen LogP contribution is -2.44. The molecule has 1 fully saturated rings. The molecule has 2 heterocycles. The number of fused-ring (bicyclic) bond motifs is 1. The van der Waals surface area contributed by atoms with E-state index in [2.05, 4.69) is 10.3 Å². The molecule has 2 N–H and O–H groups in total. The highest BCUT2D eigenvalue weighted by Gasteiger charge is 2.29. The number of rotatable bonds is 6. The van der Waals surface area contributed by atoms with E-state index >= 15 is 0 Å². The van der Waals surface area contributed by atoms with Crippen LogP contribution >= 0.6 is 0 Å². The zero-order valence-corrected chi connectivity index (χ0v) is 15.0. The van der Waals surface area contributed by atoms with E-state index in [1.54, 1.807) is 6.20 Å². The minimum atomic E-state index is -0.927. The van der Waals surface area contributed by atoms with E-state index < -0.39 is 24.5 Å². The summed E-state index contributed by atoms with van der Waals surface area (Å²) in [5, 5.41) is 3.51. The molecule has 2 aromatic rings. The van der Waals surface area contributed by atoms with Crippen molar-refractivity contribution in [1.82, 2.24) is 15.2 Å². The Kier molecular flexibility index (Phi) is 5.54. The van der Waals surface area contributed by atoms with Crippen molar-refractivity contribution < 1.29 is 23.9 Å². The Morgan fingerprint density at radius 3 is 2.78 bits per heavy atom. The number of esters is 1. The third kappa shape index (κ3) is 4.33. The second-order valence-corrected chi connectivity index (χ2v) is 6.47. The topological polar surface area (TPSA) is 109 Å². The van der Waals surface area contributed by atoms with Crippen LogP contribution in [0.25, 0.3) is 10.9 Å². The summed E-state index contributed by atoms with van der Waals surface area (Å²) in [5.41, 5.74) is 1.77. The van der Waals surface area contributed by atoms with Crippen molar-refractivity contribution in [1.29, 1.82) is 0 Å². The molecule has 3 amide bonds. The van der Waals surface area contributed by atoms with Crippen molar-refractivity contribution in [3.8, 4) is 0 Å². The van der Waals surface area contributed by atoms with Gasteiger partial charge in [-0.3, -0.25) is 19.3 Å². The summed E-state index contributed by atoms with van der Waals surface area (Å²) in [6.07, 6.45) is 2.95. The molecule has 1 atom stereocenters. The van der Waals surface area contributed by atoms with Crippen molar-refractivity contribution in [3.05, 3.63) is 36.0 Å². The number of aromatic nitrogens is 1. The molecule has 8 heteroatoms. The van der Waals surface area contributed by atoms with Crippen LogP contribution in [0.15, 0.2) is 30.5 Å². The average Bonchev–Trinajstić information content (AvgIpc) is 3.25. The van der Waals surface area contributed by atoms with Crippen LogP contribution in [0.4, 0.5) is 0 Å². The van der Waals surface area contributed by atoms with Crippen molar-refractivity contribution in [2.24, 2.45) is 0 Å². The highest BCUT2D eigenvalue weighted by Crippen LogP contribution is 2.19. The fraction of sp³-hybridized carbons (Fsp3) is 0.368. The predicted octanol–water partition coefficient (Wildman–Crippen LogP) is 0.907. The Labute approximate surface area is 155 Å². The van der Waals surface area contributed by atoms with Crippen molar-refractivity contribution in [2.45, 2.75) is 32.2 Å². The first-order valence-corrected chi connectivity index (χ1v) is 8.77. The smallest absolute Gasteiger partial charge is 0.329 e. The first-order chi connectivity index (χ1) is 13.0. The van der Waals surface area contributed by atoms with E-state index in [4.69, 9.17) is 4.74 Å². The molecule has 1 aromatic carbocycles. The molecule has 142 valence electrons. The summed E-state index contributed by atoms with van der Waals surface area (Å²) in [7, 11) is 0. The number of aromatic amines is 1. The summed E-state index contributed by atoms with van der Waals surface area (Å²) in [4.78, 5) is 51.8. The number of amides is 3. The highest BCUT2D eigenvalue weighted by molar-refractivity contribution is 5.98. The third-order valence-corrected chi connectivity index (χ3v) is 4.47. The predicted molar refractivity (Wildman–Crippen MR) is 96.5 cm³/mol. The summed E-state index contributed by atoms with van der Waals surface area (Å²) in [5.74, 6) is -1.89. The molecule has 1 aromatic heterocycles. The summed E-state index contributed by atoms with van der Waals surface area (Å²) in [6.45, 7) is 1.14. The number of likely N-dealkylation sites (tertiary alicyclic amines) is 1. The van der Waals surface area contributed by atoms with Crippen LogP contribution in [0.1, 0.15) is 25.3 Å². The summed E-state index contributed by atoms with van der Waals surface area (Å²) < 4.78 is 5.08. The number of imide groups is 1. The zero-order valence-electron chi connectivity index (χ0n) is 15.0. The third-order valence-electron chi connectivity index (χ3n) is 4.47. The number of hydrogen-bond acceptors (Lipinski definition) is 5. The Morgan fingerprint density at radius 1 is 1.30 bits per heavy atom. The Morgan fingerprint density at radius 2 is 2.07 bits per heavy atom. The molecular formula is C19H21N3O5. The van der Waals surface area contributed by atoms with E-state index in [0.29, 0.717) is 19.4 Å². The van der Waals surface area contributed by atoms with E-state index in [-0.39, 0.29) is 18.2 Å². The maximum atomic E-state index is 12.4. The van der Waals surface area contributed by atoms with Crippen LogP contribution in [-0.4, -0.2) is 52.8 Å².